The van der Waals surface area contributed by atoms with Crippen LogP contribution in [0.2, 0.25) is 0 Å². The largest absolute Gasteiger partial charge is 0.355 e. The number of sulfonamides is 1. The van der Waals surface area contributed by atoms with Crippen LogP contribution in [0.4, 0.5) is 0 Å². The number of aryl methyl sites for hydroxylation is 4. The minimum Gasteiger partial charge on any atom is -0.355 e. The molecule has 1 saturated heterocycles. The molecule has 0 bridgehead atoms. The fourth-order valence-electron chi connectivity index (χ4n) is 5.48. The second-order valence-corrected chi connectivity index (χ2v) is 12.0. The van der Waals surface area contributed by atoms with Crippen molar-refractivity contribution in [1.29, 1.82) is 0 Å². The number of nitrogens with one attached hydrogen (secondary N) is 1. The Kier molecular flexibility index (Phi) is 7.81. The maximum absolute atomic E-state index is 13.7. The van der Waals surface area contributed by atoms with Crippen molar-refractivity contribution in [3.63, 3.8) is 0 Å². The lowest BCUT2D eigenvalue weighted by Crippen LogP contribution is -2.48. The summed E-state index contributed by atoms with van der Waals surface area (Å²) in [5.41, 5.74) is 4.77. The summed E-state index contributed by atoms with van der Waals surface area (Å²) in [4.78, 5) is 13.0. The van der Waals surface area contributed by atoms with Gasteiger partial charge in [-0.15, -0.1) is 0 Å². The van der Waals surface area contributed by atoms with Gasteiger partial charge in [-0.05, 0) is 76.1 Å². The molecule has 1 aromatic heterocycles. The summed E-state index contributed by atoms with van der Waals surface area (Å²) in [7, 11) is -3.87. The van der Waals surface area contributed by atoms with E-state index in [4.69, 9.17) is 4.52 Å². The van der Waals surface area contributed by atoms with E-state index in [0.29, 0.717) is 25.1 Å². The van der Waals surface area contributed by atoms with E-state index in [1.807, 2.05) is 19.9 Å². The molecule has 0 spiro atoms. The van der Waals surface area contributed by atoms with Crippen LogP contribution < -0.4 is 5.32 Å². The van der Waals surface area contributed by atoms with Crippen LogP contribution in [0, 0.1) is 33.6 Å². The van der Waals surface area contributed by atoms with E-state index in [1.54, 1.807) is 13.0 Å². The predicted molar refractivity (Wildman–Crippen MR) is 137 cm³/mol. The van der Waals surface area contributed by atoms with Crippen LogP contribution in [0.5, 0.6) is 0 Å². The fourth-order valence-corrected chi connectivity index (χ4v) is 7.26. The van der Waals surface area contributed by atoms with Gasteiger partial charge in [-0.25, -0.2) is 8.42 Å². The highest BCUT2D eigenvalue weighted by Crippen LogP contribution is 2.30. The van der Waals surface area contributed by atoms with E-state index >= 15 is 0 Å². The lowest BCUT2D eigenvalue weighted by atomic mass is 9.93. The number of benzene rings is 1. The monoisotopic (exact) mass is 499 g/mol. The zero-order valence-electron chi connectivity index (χ0n) is 21.3. The molecule has 1 N–H and O–H groups in total. The molecular weight excluding hydrogens is 462 g/mol. The number of nitrogens with zero attached hydrogens (tertiary/aromatic N) is 2. The summed E-state index contributed by atoms with van der Waals surface area (Å²) in [5, 5.41) is 7.14. The maximum atomic E-state index is 13.7. The van der Waals surface area contributed by atoms with Crippen LogP contribution in [0.1, 0.15) is 78.7 Å². The maximum Gasteiger partial charge on any atom is 0.248 e. The first-order chi connectivity index (χ1) is 16.7. The first-order valence-electron chi connectivity index (χ1n) is 12.7. The number of aromatic nitrogens is 1. The average Bonchev–Trinajstić information content (AvgIpc) is 3.20. The van der Waals surface area contributed by atoms with Crippen molar-refractivity contribution >= 4 is 28.1 Å². The highest BCUT2D eigenvalue weighted by molar-refractivity contribution is 7.89. The molecule has 1 aromatic carbocycles. The second-order valence-electron chi connectivity index (χ2n) is 10.2. The number of rotatable bonds is 6. The number of hydrogen-bond acceptors (Lipinski definition) is 5. The molecule has 1 atom stereocenters. The van der Waals surface area contributed by atoms with E-state index in [2.05, 4.69) is 29.5 Å². The number of amides is 1. The van der Waals surface area contributed by atoms with Crippen molar-refractivity contribution in [3.05, 3.63) is 45.8 Å². The molecule has 2 fully saturated rings. The summed E-state index contributed by atoms with van der Waals surface area (Å²) in [6.45, 7) is 8.35. The number of carbonyl (C=O) groups is 1. The molecule has 1 aliphatic carbocycles. The third kappa shape index (κ3) is 5.70. The second kappa shape index (κ2) is 10.7. The van der Waals surface area contributed by atoms with Crippen LogP contribution in [0.25, 0.3) is 12.2 Å². The van der Waals surface area contributed by atoms with Gasteiger partial charge < -0.3 is 9.84 Å². The lowest BCUT2D eigenvalue weighted by molar-refractivity contribution is -0.127. The molecule has 190 valence electrons. The standard InChI is InChI=1S/C27H37N3O4S/c1-18-15-19(2)24(20(3)16-18)12-13-25-26(21(4)29-34-25)35(32,33)30-14-8-9-22(17-30)27(31)28-23-10-6-5-7-11-23/h12-13,15-16,22-23H,5-11,14,17H2,1-4H3,(H,28,31)/b13-12+. The van der Waals surface area contributed by atoms with Gasteiger partial charge in [0.2, 0.25) is 15.9 Å². The molecule has 7 nitrogen and oxygen atoms in total. The predicted octanol–water partition coefficient (Wildman–Crippen LogP) is 4.93. The Labute approximate surface area is 209 Å². The summed E-state index contributed by atoms with van der Waals surface area (Å²) in [6, 6.07) is 4.42. The molecular formula is C27H37N3O4S. The molecule has 2 heterocycles. The highest BCUT2D eigenvalue weighted by Gasteiger charge is 2.37. The summed E-state index contributed by atoms with van der Waals surface area (Å²) in [5.74, 6) is -0.141. The van der Waals surface area contributed by atoms with Crippen LogP contribution in [0.3, 0.4) is 0 Å². The van der Waals surface area contributed by atoms with Gasteiger partial charge in [-0.2, -0.15) is 4.31 Å². The quantitative estimate of drug-likeness (QED) is 0.608. The van der Waals surface area contributed by atoms with Gasteiger partial charge in [0.05, 0.1) is 5.92 Å². The zero-order chi connectivity index (χ0) is 25.2. The van der Waals surface area contributed by atoms with Crippen LogP contribution >= 0.6 is 0 Å². The van der Waals surface area contributed by atoms with Gasteiger partial charge in [-0.1, -0.05) is 48.2 Å². The molecule has 0 radical (unpaired) electrons. The van der Waals surface area contributed by atoms with Crippen molar-refractivity contribution < 1.29 is 17.7 Å². The van der Waals surface area contributed by atoms with Crippen molar-refractivity contribution in [1.82, 2.24) is 14.8 Å². The number of hydrogen-bond donors (Lipinski definition) is 1. The molecule has 35 heavy (non-hydrogen) atoms. The Balaban J connectivity index is 1.54. The Hall–Kier alpha value is -2.45. The Morgan fingerprint density at radius 1 is 1.03 bits per heavy atom. The molecule has 2 aromatic rings. The van der Waals surface area contributed by atoms with Crippen molar-refractivity contribution in [2.75, 3.05) is 13.1 Å². The Bertz CT molecular complexity index is 1190. The SMILES string of the molecule is Cc1cc(C)c(/C=C/c2onc(C)c2S(=O)(=O)N2CCCC(C(=O)NC3CCCCC3)C2)c(C)c1. The molecule has 1 amide bonds. The van der Waals surface area contributed by atoms with Gasteiger partial charge in [0.1, 0.15) is 5.69 Å². The molecule has 8 heteroatoms. The lowest BCUT2D eigenvalue weighted by Gasteiger charge is -2.32. The van der Waals surface area contributed by atoms with Crippen molar-refractivity contribution in [2.45, 2.75) is 83.6 Å². The summed E-state index contributed by atoms with van der Waals surface area (Å²) < 4.78 is 34.3. The Morgan fingerprint density at radius 3 is 2.40 bits per heavy atom. The number of piperidine rings is 1. The Morgan fingerprint density at radius 2 is 1.71 bits per heavy atom. The first-order valence-corrected chi connectivity index (χ1v) is 14.1. The zero-order valence-corrected chi connectivity index (χ0v) is 22.1. The molecule has 1 saturated carbocycles. The smallest absolute Gasteiger partial charge is 0.248 e. The molecule has 4 rings (SSSR count). The van der Waals surface area contributed by atoms with Gasteiger partial charge >= 0.3 is 0 Å². The van der Waals surface area contributed by atoms with E-state index in [0.717, 1.165) is 42.4 Å². The van der Waals surface area contributed by atoms with Crippen LogP contribution in [-0.4, -0.2) is 42.9 Å². The highest BCUT2D eigenvalue weighted by atomic mass is 32.2. The normalized spacial score (nSPS) is 20.4. The minimum absolute atomic E-state index is 0.0238. The van der Waals surface area contributed by atoms with E-state index in [9.17, 15) is 13.2 Å². The van der Waals surface area contributed by atoms with Gasteiger partial charge in [0, 0.05) is 19.1 Å². The average molecular weight is 500 g/mol. The third-order valence-electron chi connectivity index (χ3n) is 7.28. The van der Waals surface area contributed by atoms with Crippen molar-refractivity contribution in [3.8, 4) is 0 Å². The first kappa shape index (κ1) is 25.6. The van der Waals surface area contributed by atoms with E-state index in [1.165, 1.54) is 16.3 Å². The van der Waals surface area contributed by atoms with Crippen LogP contribution in [0.15, 0.2) is 21.6 Å². The van der Waals surface area contributed by atoms with E-state index in [-0.39, 0.29) is 35.1 Å². The summed E-state index contributed by atoms with van der Waals surface area (Å²) in [6.07, 6.45) is 10.5. The number of carbonyl (C=O) groups excluding carboxylic acids is 1. The molecule has 2 aliphatic rings. The van der Waals surface area contributed by atoms with Crippen LogP contribution in [-0.2, 0) is 14.8 Å². The van der Waals surface area contributed by atoms with Gasteiger partial charge in [0.25, 0.3) is 0 Å². The molecule has 1 aliphatic heterocycles. The topological polar surface area (TPSA) is 92.5 Å². The fraction of sp³-hybridized carbons (Fsp3) is 0.556. The van der Waals surface area contributed by atoms with Crippen molar-refractivity contribution in [2.24, 2.45) is 5.92 Å². The minimum atomic E-state index is -3.87. The van der Waals surface area contributed by atoms with E-state index < -0.39 is 10.0 Å². The summed E-state index contributed by atoms with van der Waals surface area (Å²) >= 11 is 0. The van der Waals surface area contributed by atoms with Gasteiger partial charge in [0.15, 0.2) is 10.7 Å². The molecule has 1 unspecified atom stereocenters. The van der Waals surface area contributed by atoms with Gasteiger partial charge in [-0.3, -0.25) is 4.79 Å². The third-order valence-corrected chi connectivity index (χ3v) is 9.30.